The third-order valence-corrected chi connectivity index (χ3v) is 6.24. The summed E-state index contributed by atoms with van der Waals surface area (Å²) in [6, 6.07) is 16.8. The molecule has 0 atom stereocenters. The van der Waals surface area contributed by atoms with Gasteiger partial charge in [-0.15, -0.1) is 0 Å². The van der Waals surface area contributed by atoms with Crippen LogP contribution in [0.4, 0.5) is 10.1 Å². The lowest BCUT2D eigenvalue weighted by atomic mass is 10.0. The molecule has 3 aromatic carbocycles. The number of hydrogen-bond acceptors (Lipinski definition) is 5. The van der Waals surface area contributed by atoms with E-state index < -0.39 is 0 Å². The highest BCUT2D eigenvalue weighted by Crippen LogP contribution is 2.40. The molecule has 1 N–H and O–H groups in total. The number of carbonyl (C=O) groups is 1. The van der Waals surface area contributed by atoms with E-state index in [9.17, 15) is 14.3 Å². The smallest absolute Gasteiger partial charge is 0.231 e. The molecular formula is C26H22ClFN2O3. The Morgan fingerprint density at radius 2 is 1.79 bits per heavy atom. The summed E-state index contributed by atoms with van der Waals surface area (Å²) in [4.78, 5) is 17.3. The Labute approximate surface area is 196 Å². The van der Waals surface area contributed by atoms with Crippen molar-refractivity contribution < 1.29 is 19.0 Å². The molecule has 0 unspecified atom stereocenters. The maximum Gasteiger partial charge on any atom is 0.231 e. The van der Waals surface area contributed by atoms with Crippen LogP contribution in [0.25, 0.3) is 6.08 Å². The summed E-state index contributed by atoms with van der Waals surface area (Å²) < 4.78 is 19.2. The first-order chi connectivity index (χ1) is 16.0. The lowest BCUT2D eigenvalue weighted by Gasteiger charge is -2.36. The van der Waals surface area contributed by atoms with Crippen molar-refractivity contribution in [3.63, 3.8) is 0 Å². The molecule has 0 saturated carbocycles. The van der Waals surface area contributed by atoms with Gasteiger partial charge in [0.1, 0.15) is 17.3 Å². The number of phenols is 1. The van der Waals surface area contributed by atoms with Crippen LogP contribution in [0, 0.1) is 5.82 Å². The first-order valence-corrected chi connectivity index (χ1v) is 11.1. The molecule has 1 fully saturated rings. The molecule has 5 nitrogen and oxygen atoms in total. The number of halogens is 2. The third kappa shape index (κ3) is 4.45. The Morgan fingerprint density at radius 1 is 1.03 bits per heavy atom. The molecule has 33 heavy (non-hydrogen) atoms. The Morgan fingerprint density at radius 3 is 2.52 bits per heavy atom. The minimum Gasteiger partial charge on any atom is -0.507 e. The predicted molar refractivity (Wildman–Crippen MR) is 126 cm³/mol. The number of allylic oxidation sites excluding steroid dienone is 1. The van der Waals surface area contributed by atoms with Crippen molar-refractivity contribution in [2.75, 3.05) is 31.1 Å². The summed E-state index contributed by atoms with van der Waals surface area (Å²) in [7, 11) is 0. The van der Waals surface area contributed by atoms with E-state index in [1.165, 1.54) is 12.1 Å². The Balaban J connectivity index is 1.32. The van der Waals surface area contributed by atoms with Gasteiger partial charge >= 0.3 is 0 Å². The van der Waals surface area contributed by atoms with Gasteiger partial charge in [0.2, 0.25) is 5.78 Å². The molecule has 0 aliphatic carbocycles. The molecule has 0 radical (unpaired) electrons. The second kappa shape index (κ2) is 8.89. The highest BCUT2D eigenvalue weighted by atomic mass is 35.5. The van der Waals surface area contributed by atoms with Crippen molar-refractivity contribution in [1.82, 2.24) is 4.90 Å². The first kappa shape index (κ1) is 21.5. The van der Waals surface area contributed by atoms with Crippen molar-refractivity contribution in [2.45, 2.75) is 6.54 Å². The summed E-state index contributed by atoms with van der Waals surface area (Å²) in [5, 5.41) is 11.1. The van der Waals surface area contributed by atoms with Gasteiger partial charge in [0, 0.05) is 43.4 Å². The highest BCUT2D eigenvalue weighted by molar-refractivity contribution is 6.30. The number of piperazine rings is 1. The molecule has 0 amide bonds. The van der Waals surface area contributed by atoms with Gasteiger partial charge in [-0.2, -0.15) is 0 Å². The average molecular weight is 465 g/mol. The number of hydrogen-bond donors (Lipinski definition) is 1. The van der Waals surface area contributed by atoms with Crippen LogP contribution in [-0.2, 0) is 6.54 Å². The fraction of sp³-hybridized carbons (Fsp3) is 0.192. The fourth-order valence-corrected chi connectivity index (χ4v) is 4.44. The van der Waals surface area contributed by atoms with Crippen molar-refractivity contribution in [3.8, 4) is 11.5 Å². The monoisotopic (exact) mass is 464 g/mol. The molecule has 0 bridgehead atoms. The molecule has 0 spiro atoms. The number of anilines is 1. The minimum absolute atomic E-state index is 0.103. The van der Waals surface area contributed by atoms with E-state index in [1.54, 1.807) is 42.5 Å². The molecule has 0 aromatic heterocycles. The minimum atomic E-state index is -0.246. The molecule has 5 rings (SSSR count). The van der Waals surface area contributed by atoms with Gasteiger partial charge in [0.25, 0.3) is 0 Å². The second-order valence-corrected chi connectivity index (χ2v) is 8.61. The topological polar surface area (TPSA) is 53.0 Å². The van der Waals surface area contributed by atoms with Crippen molar-refractivity contribution in [3.05, 3.63) is 94.0 Å². The number of nitrogens with zero attached hydrogens (tertiary/aromatic N) is 2. The van der Waals surface area contributed by atoms with Crippen molar-refractivity contribution >= 4 is 29.1 Å². The van der Waals surface area contributed by atoms with E-state index in [0.29, 0.717) is 28.4 Å². The third-order valence-electron chi connectivity index (χ3n) is 6.01. The highest BCUT2D eigenvalue weighted by Gasteiger charge is 2.32. The van der Waals surface area contributed by atoms with Gasteiger partial charge < -0.3 is 14.7 Å². The SMILES string of the molecule is O=C1/C(=C/c2cccc(Cl)c2)Oc2c1ccc(O)c2CN1CCN(c2ccc(F)cc2)CC1. The second-order valence-electron chi connectivity index (χ2n) is 8.17. The van der Waals surface area contributed by atoms with Crippen LogP contribution in [0.5, 0.6) is 11.5 Å². The van der Waals surface area contributed by atoms with Crippen LogP contribution < -0.4 is 9.64 Å². The molecule has 3 aromatic rings. The predicted octanol–water partition coefficient (Wildman–Crippen LogP) is 5.12. The van der Waals surface area contributed by atoms with E-state index in [-0.39, 0.29) is 23.1 Å². The van der Waals surface area contributed by atoms with Gasteiger partial charge in [0.05, 0.1) is 11.1 Å². The molecule has 2 aliphatic rings. The van der Waals surface area contributed by atoms with Crippen molar-refractivity contribution in [2.24, 2.45) is 0 Å². The Bertz CT molecular complexity index is 1230. The maximum absolute atomic E-state index is 13.2. The zero-order valence-corrected chi connectivity index (χ0v) is 18.6. The maximum atomic E-state index is 13.2. The van der Waals surface area contributed by atoms with Crippen LogP contribution in [0.1, 0.15) is 21.5 Å². The number of ether oxygens (including phenoxy) is 1. The van der Waals surface area contributed by atoms with E-state index in [4.69, 9.17) is 16.3 Å². The average Bonchev–Trinajstić information content (AvgIpc) is 3.12. The number of aromatic hydroxyl groups is 1. The van der Waals surface area contributed by atoms with Crippen LogP contribution in [0.3, 0.4) is 0 Å². The van der Waals surface area contributed by atoms with Gasteiger partial charge in [-0.1, -0.05) is 23.7 Å². The normalized spacial score (nSPS) is 17.3. The summed E-state index contributed by atoms with van der Waals surface area (Å²) in [5.74, 6) is 0.262. The van der Waals surface area contributed by atoms with Crippen LogP contribution in [-0.4, -0.2) is 42.0 Å². The summed E-state index contributed by atoms with van der Waals surface area (Å²) in [5.41, 5.74) is 2.80. The zero-order valence-electron chi connectivity index (χ0n) is 17.8. The quantitative estimate of drug-likeness (QED) is 0.543. The molecule has 1 saturated heterocycles. The molecule has 2 heterocycles. The van der Waals surface area contributed by atoms with Crippen LogP contribution in [0.15, 0.2) is 66.4 Å². The van der Waals surface area contributed by atoms with Gasteiger partial charge in [0.15, 0.2) is 5.76 Å². The summed E-state index contributed by atoms with van der Waals surface area (Å²) >= 11 is 6.05. The van der Waals surface area contributed by atoms with Gasteiger partial charge in [-0.25, -0.2) is 4.39 Å². The number of carbonyl (C=O) groups excluding carboxylic acids is 1. The summed E-state index contributed by atoms with van der Waals surface area (Å²) in [6.45, 7) is 3.55. The molecular weight excluding hydrogens is 443 g/mol. The number of Topliss-reactive ketones (excluding diaryl/α,β-unsaturated/α-hetero) is 1. The number of phenolic OH excluding ortho intramolecular Hbond substituents is 1. The zero-order chi connectivity index (χ0) is 22.9. The number of benzene rings is 3. The van der Waals surface area contributed by atoms with E-state index >= 15 is 0 Å². The fourth-order valence-electron chi connectivity index (χ4n) is 4.24. The Hall–Kier alpha value is -3.35. The van der Waals surface area contributed by atoms with Gasteiger partial charge in [-0.3, -0.25) is 9.69 Å². The van der Waals surface area contributed by atoms with Crippen molar-refractivity contribution in [1.29, 1.82) is 0 Å². The van der Waals surface area contributed by atoms with Crippen LogP contribution in [0.2, 0.25) is 5.02 Å². The lowest BCUT2D eigenvalue weighted by Crippen LogP contribution is -2.46. The molecule has 7 heteroatoms. The number of rotatable bonds is 4. The molecule has 2 aliphatic heterocycles. The lowest BCUT2D eigenvalue weighted by molar-refractivity contribution is 0.101. The van der Waals surface area contributed by atoms with E-state index in [2.05, 4.69) is 9.80 Å². The van der Waals surface area contributed by atoms with E-state index in [1.807, 2.05) is 12.1 Å². The largest absolute Gasteiger partial charge is 0.507 e. The Kier molecular flexibility index (Phi) is 5.79. The number of fused-ring (bicyclic) bond motifs is 1. The van der Waals surface area contributed by atoms with E-state index in [0.717, 1.165) is 37.4 Å². The summed E-state index contributed by atoms with van der Waals surface area (Å²) in [6.07, 6.45) is 1.66. The first-order valence-electron chi connectivity index (χ1n) is 10.8. The standard InChI is InChI=1S/C26H22ClFN2O3/c27-18-3-1-2-17(14-18)15-24-25(32)21-8-9-23(31)22(26(21)33-24)16-29-10-12-30(13-11-29)20-6-4-19(28)5-7-20/h1-9,14-15,31H,10-13,16H2/b24-15-. The van der Waals surface area contributed by atoms with Gasteiger partial charge in [-0.05, 0) is 60.2 Å². The number of ketones is 1. The molecule has 168 valence electrons. The van der Waals surface area contributed by atoms with Crippen LogP contribution >= 0.6 is 11.6 Å².